The van der Waals surface area contributed by atoms with Gasteiger partial charge in [0.25, 0.3) is 0 Å². The molecule has 0 aliphatic carbocycles. The van der Waals surface area contributed by atoms with E-state index in [1.165, 1.54) is 0 Å². The summed E-state index contributed by atoms with van der Waals surface area (Å²) in [5.74, 6) is 0.974. The quantitative estimate of drug-likeness (QED) is 0.936. The van der Waals surface area contributed by atoms with Crippen LogP contribution in [0.15, 0.2) is 18.2 Å². The number of hydrogen-bond acceptors (Lipinski definition) is 3. The maximum absolute atomic E-state index is 6.33. The third kappa shape index (κ3) is 2.69. The highest BCUT2D eigenvalue weighted by molar-refractivity contribution is 6.35. The van der Waals surface area contributed by atoms with Crippen molar-refractivity contribution in [1.29, 1.82) is 0 Å². The molecule has 19 heavy (non-hydrogen) atoms. The molecule has 2 rings (SSSR count). The van der Waals surface area contributed by atoms with Gasteiger partial charge in [-0.3, -0.25) is 0 Å². The number of benzene rings is 1. The van der Waals surface area contributed by atoms with Crippen LogP contribution in [-0.2, 0) is 0 Å². The third-order valence-electron chi connectivity index (χ3n) is 3.34. The molecule has 0 bridgehead atoms. The first-order valence-electron chi connectivity index (χ1n) is 6.48. The highest BCUT2D eigenvalue weighted by Crippen LogP contribution is 2.32. The zero-order valence-electron chi connectivity index (χ0n) is 11.9. The maximum Gasteiger partial charge on any atom is 0.201 e. The summed E-state index contributed by atoms with van der Waals surface area (Å²) in [6.07, 6.45) is 0. The Morgan fingerprint density at radius 2 is 2.05 bits per heavy atom. The first kappa shape index (κ1) is 14.2. The third-order valence-corrected chi connectivity index (χ3v) is 3.65. The fourth-order valence-electron chi connectivity index (χ4n) is 2.42. The van der Waals surface area contributed by atoms with Gasteiger partial charge in [-0.1, -0.05) is 31.5 Å². The fourth-order valence-corrected chi connectivity index (χ4v) is 2.69. The number of para-hydroxylation sites is 1. The number of hydrogen-bond donors (Lipinski definition) is 1. The van der Waals surface area contributed by atoms with Crippen molar-refractivity contribution in [2.45, 2.75) is 19.9 Å². The number of nitrogens with two attached hydrogens (primary N) is 1. The van der Waals surface area contributed by atoms with Gasteiger partial charge in [0.1, 0.15) is 0 Å². The number of likely N-dealkylation sites (N-methyl/N-ethyl adjacent to an activating group) is 1. The van der Waals surface area contributed by atoms with E-state index < -0.39 is 0 Å². The smallest absolute Gasteiger partial charge is 0.201 e. The molecule has 1 aromatic heterocycles. The molecule has 2 N–H and O–H groups in total. The van der Waals surface area contributed by atoms with Gasteiger partial charge in [0.2, 0.25) is 5.95 Å². The Balaban J connectivity index is 2.61. The molecule has 0 spiro atoms. The van der Waals surface area contributed by atoms with Gasteiger partial charge >= 0.3 is 0 Å². The predicted octanol–water partition coefficient (Wildman–Crippen LogP) is 3.03. The minimum Gasteiger partial charge on any atom is -0.369 e. The molecule has 0 fully saturated rings. The van der Waals surface area contributed by atoms with Gasteiger partial charge in [-0.05, 0) is 32.1 Å². The Morgan fingerprint density at radius 3 is 2.63 bits per heavy atom. The number of halogens is 1. The van der Waals surface area contributed by atoms with Gasteiger partial charge in [-0.25, -0.2) is 4.98 Å². The number of nitrogens with zero attached hydrogens (tertiary/aromatic N) is 3. The SMILES string of the molecule is CC(C)C(CN(C)C)n1c(N)nc2cccc(Cl)c21. The molecule has 1 aromatic carbocycles. The number of rotatable bonds is 4. The van der Waals surface area contributed by atoms with Crippen LogP contribution in [0.2, 0.25) is 5.02 Å². The monoisotopic (exact) mass is 280 g/mol. The molecule has 0 saturated carbocycles. The highest BCUT2D eigenvalue weighted by atomic mass is 35.5. The van der Waals surface area contributed by atoms with Crippen molar-refractivity contribution in [3.8, 4) is 0 Å². The molecule has 2 aromatic rings. The lowest BCUT2D eigenvalue weighted by atomic mass is 10.0. The van der Waals surface area contributed by atoms with Crippen molar-refractivity contribution in [1.82, 2.24) is 14.5 Å². The Kier molecular flexibility index (Phi) is 4.02. The van der Waals surface area contributed by atoms with E-state index in [9.17, 15) is 0 Å². The Bertz CT molecular complexity index is 574. The van der Waals surface area contributed by atoms with E-state index in [-0.39, 0.29) is 6.04 Å². The Hall–Kier alpha value is -1.26. The molecule has 0 radical (unpaired) electrons. The Morgan fingerprint density at radius 1 is 1.37 bits per heavy atom. The summed E-state index contributed by atoms with van der Waals surface area (Å²) in [5.41, 5.74) is 7.90. The van der Waals surface area contributed by atoms with E-state index in [2.05, 4.69) is 42.4 Å². The van der Waals surface area contributed by atoms with Crippen LogP contribution < -0.4 is 5.73 Å². The van der Waals surface area contributed by atoms with Crippen molar-refractivity contribution >= 4 is 28.6 Å². The number of nitrogen functional groups attached to an aromatic ring is 1. The van der Waals surface area contributed by atoms with Gasteiger partial charge in [0.05, 0.1) is 22.1 Å². The standard InChI is InChI=1S/C14H21ClN4/c1-9(2)12(8-18(3)4)19-13-10(15)6-5-7-11(13)17-14(19)16/h5-7,9,12H,8H2,1-4H3,(H2,16,17). The van der Waals surface area contributed by atoms with E-state index in [1.807, 2.05) is 18.2 Å². The van der Waals surface area contributed by atoms with E-state index >= 15 is 0 Å². The summed E-state index contributed by atoms with van der Waals surface area (Å²) < 4.78 is 2.07. The number of imidazole rings is 1. The maximum atomic E-state index is 6.33. The molecule has 0 aliphatic rings. The van der Waals surface area contributed by atoms with Crippen molar-refractivity contribution in [2.75, 3.05) is 26.4 Å². The second-order valence-corrected chi connectivity index (χ2v) is 5.93. The average Bonchev–Trinajstić information content (AvgIpc) is 2.63. The van der Waals surface area contributed by atoms with E-state index in [1.54, 1.807) is 0 Å². The minimum atomic E-state index is 0.250. The summed E-state index contributed by atoms with van der Waals surface area (Å²) >= 11 is 6.33. The molecule has 0 saturated heterocycles. The molecule has 0 aliphatic heterocycles. The zero-order valence-corrected chi connectivity index (χ0v) is 12.6. The van der Waals surface area contributed by atoms with Crippen LogP contribution in [0, 0.1) is 5.92 Å². The van der Waals surface area contributed by atoms with Gasteiger partial charge in [-0.2, -0.15) is 0 Å². The van der Waals surface area contributed by atoms with Crippen molar-refractivity contribution < 1.29 is 0 Å². The molecule has 104 valence electrons. The number of aromatic nitrogens is 2. The predicted molar refractivity (Wildman–Crippen MR) is 81.6 cm³/mol. The average molecular weight is 281 g/mol. The summed E-state index contributed by atoms with van der Waals surface area (Å²) in [6.45, 7) is 5.28. The largest absolute Gasteiger partial charge is 0.369 e. The minimum absolute atomic E-state index is 0.250. The van der Waals surface area contributed by atoms with Gasteiger partial charge < -0.3 is 15.2 Å². The zero-order chi connectivity index (χ0) is 14.2. The molecule has 0 amide bonds. The topological polar surface area (TPSA) is 47.1 Å². The van der Waals surface area contributed by atoms with Gasteiger partial charge in [-0.15, -0.1) is 0 Å². The molecule has 1 unspecified atom stereocenters. The summed E-state index contributed by atoms with van der Waals surface area (Å²) in [6, 6.07) is 5.98. The summed E-state index contributed by atoms with van der Waals surface area (Å²) in [4.78, 5) is 6.58. The van der Waals surface area contributed by atoms with Crippen LogP contribution in [0.5, 0.6) is 0 Å². The van der Waals surface area contributed by atoms with Crippen LogP contribution in [0.3, 0.4) is 0 Å². The second-order valence-electron chi connectivity index (χ2n) is 5.52. The molecular formula is C14H21ClN4. The van der Waals surface area contributed by atoms with E-state index in [0.29, 0.717) is 16.9 Å². The van der Waals surface area contributed by atoms with Crippen molar-refractivity contribution in [3.05, 3.63) is 23.2 Å². The first-order valence-corrected chi connectivity index (χ1v) is 6.86. The lowest BCUT2D eigenvalue weighted by molar-refractivity contribution is 0.275. The summed E-state index contributed by atoms with van der Waals surface area (Å²) in [5, 5.41) is 0.700. The van der Waals surface area contributed by atoms with Crippen LogP contribution >= 0.6 is 11.6 Å². The lowest BCUT2D eigenvalue weighted by Gasteiger charge is -2.27. The first-order chi connectivity index (χ1) is 8.91. The normalized spacial score (nSPS) is 13.6. The highest BCUT2D eigenvalue weighted by Gasteiger charge is 2.22. The molecule has 1 atom stereocenters. The molecule has 1 heterocycles. The van der Waals surface area contributed by atoms with Crippen molar-refractivity contribution in [2.24, 2.45) is 5.92 Å². The Labute approximate surface area is 119 Å². The van der Waals surface area contributed by atoms with Gasteiger partial charge in [0.15, 0.2) is 0 Å². The number of fused-ring (bicyclic) bond motifs is 1. The van der Waals surface area contributed by atoms with Crippen LogP contribution in [-0.4, -0.2) is 35.1 Å². The van der Waals surface area contributed by atoms with Crippen LogP contribution in [0.4, 0.5) is 5.95 Å². The van der Waals surface area contributed by atoms with Crippen LogP contribution in [0.1, 0.15) is 19.9 Å². The van der Waals surface area contributed by atoms with Crippen LogP contribution in [0.25, 0.3) is 11.0 Å². The van der Waals surface area contributed by atoms with Gasteiger partial charge in [0, 0.05) is 6.54 Å². The molecule has 5 heteroatoms. The van der Waals surface area contributed by atoms with E-state index in [0.717, 1.165) is 17.6 Å². The molecule has 4 nitrogen and oxygen atoms in total. The molecular weight excluding hydrogens is 260 g/mol. The van der Waals surface area contributed by atoms with Crippen molar-refractivity contribution in [3.63, 3.8) is 0 Å². The number of anilines is 1. The second kappa shape index (κ2) is 5.39. The fraction of sp³-hybridized carbons (Fsp3) is 0.500. The van der Waals surface area contributed by atoms with E-state index in [4.69, 9.17) is 17.3 Å². The summed E-state index contributed by atoms with van der Waals surface area (Å²) in [7, 11) is 4.12. The lowest BCUT2D eigenvalue weighted by Crippen LogP contribution is -2.29.